The molecule has 1 aliphatic carbocycles. The summed E-state index contributed by atoms with van der Waals surface area (Å²) in [5.41, 5.74) is 6.31. The first-order chi connectivity index (χ1) is 20.3. The first-order valence-corrected chi connectivity index (χ1v) is 14.0. The van der Waals surface area contributed by atoms with E-state index < -0.39 is 0 Å². The van der Waals surface area contributed by atoms with Crippen LogP contribution in [0.15, 0.2) is 113 Å². The maximum atomic E-state index is 9.55. The molecule has 3 aromatic heterocycles. The Morgan fingerprint density at radius 2 is 1.59 bits per heavy atom. The molecule has 3 heterocycles. The molecule has 6 aromatic rings. The third-order valence-corrected chi connectivity index (χ3v) is 7.83. The van der Waals surface area contributed by atoms with Gasteiger partial charge in [-0.1, -0.05) is 79.7 Å². The zero-order valence-electron chi connectivity index (χ0n) is 22.8. The molecule has 0 bridgehead atoms. The van der Waals surface area contributed by atoms with Crippen LogP contribution < -0.4 is 0 Å². The van der Waals surface area contributed by atoms with Crippen LogP contribution in [0.3, 0.4) is 0 Å². The lowest BCUT2D eigenvalue weighted by Crippen LogP contribution is -2.14. The predicted octanol–water partition coefficient (Wildman–Crippen LogP) is 7.61. The van der Waals surface area contributed by atoms with Crippen molar-refractivity contribution in [2.24, 2.45) is 15.9 Å². The Bertz CT molecular complexity index is 2000. The second kappa shape index (κ2) is 10.4. The molecule has 6 nitrogen and oxygen atoms in total. The van der Waals surface area contributed by atoms with Crippen molar-refractivity contribution in [1.82, 2.24) is 14.1 Å². The van der Waals surface area contributed by atoms with Gasteiger partial charge in [-0.3, -0.25) is 4.57 Å². The molecule has 0 amide bonds. The molecule has 198 valence electrons. The van der Waals surface area contributed by atoms with Gasteiger partial charge in [-0.2, -0.15) is 5.26 Å². The molecule has 0 spiro atoms. The SMILES string of the molecule is CC/C(=N\C(=N/Cn1c2c(c3cccnc31)CC(C#N)C=C2)c1ccccc1)n1c2ccccc2c2ccccc21. The van der Waals surface area contributed by atoms with Crippen LogP contribution in [0.4, 0.5) is 0 Å². The smallest absolute Gasteiger partial charge is 0.158 e. The second-order valence-corrected chi connectivity index (χ2v) is 10.2. The summed E-state index contributed by atoms with van der Waals surface area (Å²) in [5, 5.41) is 13.0. The van der Waals surface area contributed by atoms with Gasteiger partial charge in [0.2, 0.25) is 0 Å². The minimum absolute atomic E-state index is 0.131. The monoisotopic (exact) mass is 532 g/mol. The van der Waals surface area contributed by atoms with Crippen LogP contribution in [0.25, 0.3) is 38.9 Å². The maximum absolute atomic E-state index is 9.55. The van der Waals surface area contributed by atoms with E-state index in [2.05, 4.69) is 88.9 Å². The molecule has 0 saturated heterocycles. The molecule has 3 aromatic carbocycles. The number of nitriles is 1. The summed E-state index contributed by atoms with van der Waals surface area (Å²) in [6, 6.07) is 33.6. The molecule has 0 saturated carbocycles. The van der Waals surface area contributed by atoms with E-state index in [1.165, 1.54) is 10.8 Å². The number of fused-ring (bicyclic) bond motifs is 6. The fourth-order valence-electron chi connectivity index (χ4n) is 5.92. The number of benzene rings is 3. The van der Waals surface area contributed by atoms with Crippen LogP contribution in [-0.4, -0.2) is 25.8 Å². The molecule has 1 unspecified atom stereocenters. The Morgan fingerprint density at radius 1 is 0.902 bits per heavy atom. The molecule has 41 heavy (non-hydrogen) atoms. The number of rotatable bonds is 4. The number of aromatic nitrogens is 3. The van der Waals surface area contributed by atoms with E-state index in [4.69, 9.17) is 15.0 Å². The highest BCUT2D eigenvalue weighted by molar-refractivity contribution is 6.16. The summed E-state index contributed by atoms with van der Waals surface area (Å²) < 4.78 is 4.40. The average Bonchev–Trinajstić information content (AvgIpc) is 3.54. The first-order valence-electron chi connectivity index (χ1n) is 14.0. The van der Waals surface area contributed by atoms with Crippen LogP contribution >= 0.6 is 0 Å². The summed E-state index contributed by atoms with van der Waals surface area (Å²) in [7, 11) is 0. The van der Waals surface area contributed by atoms with E-state index in [0.717, 1.165) is 51.1 Å². The largest absolute Gasteiger partial charge is 0.305 e. The molecular weight excluding hydrogens is 504 g/mol. The van der Waals surface area contributed by atoms with Crippen LogP contribution in [-0.2, 0) is 13.1 Å². The Morgan fingerprint density at radius 3 is 2.29 bits per heavy atom. The second-order valence-electron chi connectivity index (χ2n) is 10.2. The van der Waals surface area contributed by atoms with Gasteiger partial charge in [0.25, 0.3) is 0 Å². The minimum atomic E-state index is -0.131. The topological polar surface area (TPSA) is 71.3 Å². The van der Waals surface area contributed by atoms with Gasteiger partial charge in [-0.05, 0) is 42.3 Å². The van der Waals surface area contributed by atoms with Crippen molar-refractivity contribution in [3.05, 3.63) is 120 Å². The molecule has 0 N–H and O–H groups in total. The predicted molar refractivity (Wildman–Crippen MR) is 167 cm³/mol. The maximum Gasteiger partial charge on any atom is 0.158 e. The molecular formula is C35H28N6. The van der Waals surface area contributed by atoms with Crippen LogP contribution in [0.2, 0.25) is 0 Å². The molecule has 0 fully saturated rings. The van der Waals surface area contributed by atoms with E-state index in [-0.39, 0.29) is 5.92 Å². The lowest BCUT2D eigenvalue weighted by atomic mass is 9.93. The first kappa shape index (κ1) is 24.7. The third-order valence-electron chi connectivity index (χ3n) is 7.83. The number of aliphatic imine (C=N–C) groups is 2. The number of amidine groups is 1. The highest BCUT2D eigenvalue weighted by atomic mass is 15.2. The van der Waals surface area contributed by atoms with Gasteiger partial charge in [0.05, 0.1) is 23.0 Å². The number of para-hydroxylation sites is 2. The lowest BCUT2D eigenvalue weighted by molar-refractivity contribution is 0.729. The van der Waals surface area contributed by atoms with E-state index in [9.17, 15) is 5.26 Å². The number of hydrogen-bond donors (Lipinski definition) is 0. The zero-order chi connectivity index (χ0) is 27.8. The van der Waals surface area contributed by atoms with Crippen molar-refractivity contribution in [2.45, 2.75) is 26.4 Å². The highest BCUT2D eigenvalue weighted by Crippen LogP contribution is 2.32. The van der Waals surface area contributed by atoms with Gasteiger partial charge in [0, 0.05) is 40.0 Å². The van der Waals surface area contributed by atoms with E-state index in [1.54, 1.807) is 0 Å². The van der Waals surface area contributed by atoms with E-state index in [0.29, 0.717) is 18.9 Å². The highest BCUT2D eigenvalue weighted by Gasteiger charge is 2.22. The Balaban J connectivity index is 1.40. The van der Waals surface area contributed by atoms with Gasteiger partial charge >= 0.3 is 0 Å². The van der Waals surface area contributed by atoms with E-state index >= 15 is 0 Å². The van der Waals surface area contributed by atoms with E-state index in [1.807, 2.05) is 42.6 Å². The standard InChI is InChI=1S/C35H28N6/c1-2-33(41-31-16-8-6-13-26(31)27-14-7-9-17-32(27)41)39-34(25-11-4-3-5-12-25)38-23-40-30-19-18-24(22-36)21-29(30)28-15-10-20-37-35(28)40/h3-20,24H,2,21,23H2,1H3/b38-34-,39-33+. The van der Waals surface area contributed by atoms with Crippen molar-refractivity contribution in [3.8, 4) is 6.07 Å². The van der Waals surface area contributed by atoms with Crippen LogP contribution in [0.1, 0.15) is 30.2 Å². The molecule has 1 aliphatic rings. The molecule has 0 radical (unpaired) electrons. The summed E-state index contributed by atoms with van der Waals surface area (Å²) in [6.07, 6.45) is 7.25. The van der Waals surface area contributed by atoms with Gasteiger partial charge < -0.3 is 4.57 Å². The average molecular weight is 533 g/mol. The van der Waals surface area contributed by atoms with Gasteiger partial charge in [0.15, 0.2) is 5.84 Å². The van der Waals surface area contributed by atoms with Crippen molar-refractivity contribution in [3.63, 3.8) is 0 Å². The Labute approximate surface area is 238 Å². The number of hydrogen-bond acceptors (Lipinski definition) is 3. The fourth-order valence-corrected chi connectivity index (χ4v) is 5.92. The third kappa shape index (κ3) is 4.23. The van der Waals surface area contributed by atoms with Crippen LogP contribution in [0, 0.1) is 17.2 Å². The minimum Gasteiger partial charge on any atom is -0.305 e. The molecule has 1 atom stereocenters. The van der Waals surface area contributed by atoms with Gasteiger partial charge in [-0.15, -0.1) is 0 Å². The summed E-state index contributed by atoms with van der Waals surface area (Å²) in [5.74, 6) is 1.47. The number of nitrogens with zero attached hydrogens (tertiary/aromatic N) is 6. The Kier molecular flexibility index (Phi) is 6.25. The van der Waals surface area contributed by atoms with Crippen molar-refractivity contribution in [2.75, 3.05) is 0 Å². The number of pyridine rings is 1. The molecule has 7 rings (SSSR count). The quantitative estimate of drug-likeness (QED) is 0.173. The molecule has 6 heteroatoms. The normalized spacial score (nSPS) is 15.5. The summed E-state index contributed by atoms with van der Waals surface area (Å²) in [6.45, 7) is 2.50. The summed E-state index contributed by atoms with van der Waals surface area (Å²) in [4.78, 5) is 15.1. The van der Waals surface area contributed by atoms with Crippen molar-refractivity contribution < 1.29 is 0 Å². The van der Waals surface area contributed by atoms with Crippen molar-refractivity contribution in [1.29, 1.82) is 5.26 Å². The lowest BCUT2D eigenvalue weighted by Gasteiger charge is -2.14. The van der Waals surface area contributed by atoms with Gasteiger partial charge in [-0.25, -0.2) is 15.0 Å². The Hall–Kier alpha value is -5.28. The molecule has 0 aliphatic heterocycles. The van der Waals surface area contributed by atoms with Crippen molar-refractivity contribution >= 4 is 50.6 Å². The zero-order valence-corrected chi connectivity index (χ0v) is 22.8. The van der Waals surface area contributed by atoms with Gasteiger partial charge in [0.1, 0.15) is 18.2 Å². The summed E-state index contributed by atoms with van der Waals surface area (Å²) >= 11 is 0. The van der Waals surface area contributed by atoms with Crippen LogP contribution in [0.5, 0.6) is 0 Å². The fraction of sp³-hybridized carbons (Fsp3) is 0.143. The number of allylic oxidation sites excluding steroid dienone is 1.